The van der Waals surface area contributed by atoms with Gasteiger partial charge in [0.05, 0.1) is 10.2 Å². The van der Waals surface area contributed by atoms with Gasteiger partial charge in [-0.05, 0) is 30.7 Å². The molecule has 6 nitrogen and oxygen atoms in total. The number of anilines is 1. The summed E-state index contributed by atoms with van der Waals surface area (Å²) < 4.78 is 6.73. The Labute approximate surface area is 147 Å². The molecule has 1 fully saturated rings. The highest BCUT2D eigenvalue weighted by Gasteiger charge is 2.27. The summed E-state index contributed by atoms with van der Waals surface area (Å²) in [7, 11) is 0. The summed E-state index contributed by atoms with van der Waals surface area (Å²) >= 11 is 1.37. The van der Waals surface area contributed by atoms with Gasteiger partial charge in [-0.1, -0.05) is 29.5 Å². The standard InChI is InChI=1S/C18H15N3O3S/c22-16-9-8-14(19-16)17(23)21-18-20-13-7-6-12(10-15(13)25-18)24-11-4-2-1-3-5-11/h1-7,10,14H,8-9H2,(H,19,22)(H,20,21,23). The Morgan fingerprint density at radius 1 is 1.20 bits per heavy atom. The zero-order chi connectivity index (χ0) is 17.2. The van der Waals surface area contributed by atoms with Crippen LogP contribution < -0.4 is 15.4 Å². The first-order valence-electron chi connectivity index (χ1n) is 7.91. The molecule has 2 aromatic carbocycles. The molecule has 7 heteroatoms. The Hall–Kier alpha value is -2.93. The predicted octanol–water partition coefficient (Wildman–Crippen LogP) is 3.31. The van der Waals surface area contributed by atoms with Crippen LogP contribution in [0.15, 0.2) is 48.5 Å². The van der Waals surface area contributed by atoms with Crippen molar-refractivity contribution in [2.75, 3.05) is 5.32 Å². The fraction of sp³-hybridized carbons (Fsp3) is 0.167. The highest BCUT2D eigenvalue weighted by molar-refractivity contribution is 7.22. The van der Waals surface area contributed by atoms with Crippen LogP contribution in [-0.4, -0.2) is 22.8 Å². The fourth-order valence-electron chi connectivity index (χ4n) is 2.65. The molecule has 126 valence electrons. The molecule has 2 amide bonds. The van der Waals surface area contributed by atoms with Crippen molar-refractivity contribution in [1.29, 1.82) is 0 Å². The third kappa shape index (κ3) is 3.46. The lowest BCUT2D eigenvalue weighted by Gasteiger charge is -2.08. The normalized spacial score (nSPS) is 16.6. The van der Waals surface area contributed by atoms with E-state index in [9.17, 15) is 9.59 Å². The average Bonchev–Trinajstić information content (AvgIpc) is 3.21. The lowest BCUT2D eigenvalue weighted by molar-refractivity contribution is -0.122. The number of benzene rings is 2. The van der Waals surface area contributed by atoms with Crippen LogP contribution in [0, 0.1) is 0 Å². The van der Waals surface area contributed by atoms with Gasteiger partial charge in [0.25, 0.3) is 0 Å². The van der Waals surface area contributed by atoms with Gasteiger partial charge in [0.15, 0.2) is 5.13 Å². The number of aromatic nitrogens is 1. The maximum absolute atomic E-state index is 12.2. The van der Waals surface area contributed by atoms with E-state index in [2.05, 4.69) is 15.6 Å². The second-order valence-corrected chi connectivity index (χ2v) is 6.74. The first kappa shape index (κ1) is 15.6. The Kier molecular flexibility index (Phi) is 4.07. The van der Waals surface area contributed by atoms with Crippen LogP contribution in [0.4, 0.5) is 5.13 Å². The number of para-hydroxylation sites is 1. The number of hydrogen-bond donors (Lipinski definition) is 2. The quantitative estimate of drug-likeness (QED) is 0.754. The van der Waals surface area contributed by atoms with E-state index >= 15 is 0 Å². The summed E-state index contributed by atoms with van der Waals surface area (Å²) in [6.07, 6.45) is 0.905. The second-order valence-electron chi connectivity index (χ2n) is 5.71. The van der Waals surface area contributed by atoms with Gasteiger partial charge >= 0.3 is 0 Å². The molecule has 3 aromatic rings. The zero-order valence-corrected chi connectivity index (χ0v) is 14.0. The van der Waals surface area contributed by atoms with Crippen molar-refractivity contribution in [2.45, 2.75) is 18.9 Å². The first-order chi connectivity index (χ1) is 12.2. The van der Waals surface area contributed by atoms with E-state index in [1.54, 1.807) is 0 Å². The van der Waals surface area contributed by atoms with Gasteiger partial charge in [0.1, 0.15) is 17.5 Å². The van der Waals surface area contributed by atoms with Gasteiger partial charge in [0.2, 0.25) is 11.8 Å². The van der Waals surface area contributed by atoms with Crippen molar-refractivity contribution < 1.29 is 14.3 Å². The van der Waals surface area contributed by atoms with Gasteiger partial charge in [-0.2, -0.15) is 0 Å². The van der Waals surface area contributed by atoms with Gasteiger partial charge in [-0.25, -0.2) is 4.98 Å². The molecule has 0 saturated carbocycles. The van der Waals surface area contributed by atoms with E-state index in [4.69, 9.17) is 4.74 Å². The largest absolute Gasteiger partial charge is 0.457 e. The average molecular weight is 353 g/mol. The topological polar surface area (TPSA) is 80.3 Å². The minimum Gasteiger partial charge on any atom is -0.457 e. The van der Waals surface area contributed by atoms with E-state index in [-0.39, 0.29) is 11.8 Å². The Morgan fingerprint density at radius 3 is 2.80 bits per heavy atom. The minimum absolute atomic E-state index is 0.0906. The summed E-state index contributed by atoms with van der Waals surface area (Å²) in [5.41, 5.74) is 0.788. The molecule has 1 aromatic heterocycles. The van der Waals surface area contributed by atoms with E-state index in [0.29, 0.717) is 23.7 Å². The molecule has 2 heterocycles. The van der Waals surface area contributed by atoms with Crippen molar-refractivity contribution in [1.82, 2.24) is 10.3 Å². The van der Waals surface area contributed by atoms with E-state index in [1.807, 2.05) is 48.5 Å². The third-order valence-electron chi connectivity index (χ3n) is 3.88. The summed E-state index contributed by atoms with van der Waals surface area (Å²) in [5, 5.41) is 5.94. The maximum atomic E-state index is 12.2. The Morgan fingerprint density at radius 2 is 2.04 bits per heavy atom. The monoisotopic (exact) mass is 353 g/mol. The molecular weight excluding hydrogens is 338 g/mol. The van der Waals surface area contributed by atoms with Crippen LogP contribution in [0.3, 0.4) is 0 Å². The van der Waals surface area contributed by atoms with E-state index < -0.39 is 6.04 Å². The zero-order valence-electron chi connectivity index (χ0n) is 13.2. The summed E-state index contributed by atoms with van der Waals surface area (Å²) in [6, 6.07) is 14.7. The fourth-order valence-corrected chi connectivity index (χ4v) is 3.55. The molecule has 0 aliphatic carbocycles. The highest BCUT2D eigenvalue weighted by atomic mass is 32.1. The lowest BCUT2D eigenvalue weighted by atomic mass is 10.2. The number of rotatable bonds is 4. The van der Waals surface area contributed by atoms with Crippen LogP contribution in [0.25, 0.3) is 10.2 Å². The number of nitrogens with zero attached hydrogens (tertiary/aromatic N) is 1. The van der Waals surface area contributed by atoms with Crippen molar-refractivity contribution in [3.63, 3.8) is 0 Å². The molecule has 4 rings (SSSR count). The Bertz CT molecular complexity index is 939. The first-order valence-corrected chi connectivity index (χ1v) is 8.73. The van der Waals surface area contributed by atoms with E-state index in [0.717, 1.165) is 16.0 Å². The minimum atomic E-state index is -0.475. The number of carbonyl (C=O) groups excluding carboxylic acids is 2. The molecule has 1 unspecified atom stereocenters. The van der Waals surface area contributed by atoms with Crippen molar-refractivity contribution in [3.8, 4) is 11.5 Å². The van der Waals surface area contributed by atoms with Gasteiger partial charge in [-0.15, -0.1) is 0 Å². The highest BCUT2D eigenvalue weighted by Crippen LogP contribution is 2.31. The van der Waals surface area contributed by atoms with Crippen LogP contribution in [0.1, 0.15) is 12.8 Å². The Balaban J connectivity index is 1.50. The number of thiazole rings is 1. The molecule has 2 N–H and O–H groups in total. The van der Waals surface area contributed by atoms with Gasteiger partial charge in [-0.3, -0.25) is 9.59 Å². The molecule has 25 heavy (non-hydrogen) atoms. The molecule has 1 atom stereocenters. The van der Waals surface area contributed by atoms with Crippen LogP contribution in [0.2, 0.25) is 0 Å². The number of amides is 2. The summed E-state index contributed by atoms with van der Waals surface area (Å²) in [4.78, 5) is 27.8. The number of ether oxygens (including phenoxy) is 1. The molecule has 1 aliphatic rings. The number of carbonyl (C=O) groups is 2. The van der Waals surface area contributed by atoms with Crippen molar-refractivity contribution in [3.05, 3.63) is 48.5 Å². The van der Waals surface area contributed by atoms with Crippen LogP contribution in [-0.2, 0) is 9.59 Å². The number of hydrogen-bond acceptors (Lipinski definition) is 5. The summed E-state index contributed by atoms with van der Waals surface area (Å²) in [5.74, 6) is 1.15. The van der Waals surface area contributed by atoms with Crippen molar-refractivity contribution in [2.24, 2.45) is 0 Å². The SMILES string of the molecule is O=C1CCC(C(=O)Nc2nc3ccc(Oc4ccccc4)cc3s2)N1. The molecular formula is C18H15N3O3S. The molecule has 1 saturated heterocycles. The van der Waals surface area contributed by atoms with Crippen molar-refractivity contribution >= 4 is 38.5 Å². The van der Waals surface area contributed by atoms with Crippen LogP contribution in [0.5, 0.6) is 11.5 Å². The molecule has 1 aliphatic heterocycles. The summed E-state index contributed by atoms with van der Waals surface area (Å²) in [6.45, 7) is 0. The molecule has 0 bridgehead atoms. The van der Waals surface area contributed by atoms with Gasteiger partial charge < -0.3 is 15.4 Å². The maximum Gasteiger partial charge on any atom is 0.248 e. The number of nitrogens with one attached hydrogen (secondary N) is 2. The van der Waals surface area contributed by atoms with E-state index in [1.165, 1.54) is 11.3 Å². The van der Waals surface area contributed by atoms with Crippen LogP contribution >= 0.6 is 11.3 Å². The predicted molar refractivity (Wildman–Crippen MR) is 95.9 cm³/mol. The third-order valence-corrected chi connectivity index (χ3v) is 4.81. The molecule has 0 radical (unpaired) electrons. The van der Waals surface area contributed by atoms with Gasteiger partial charge in [0, 0.05) is 12.5 Å². The number of fused-ring (bicyclic) bond motifs is 1. The lowest BCUT2D eigenvalue weighted by Crippen LogP contribution is -2.37. The second kappa shape index (κ2) is 6.52. The molecule has 0 spiro atoms. The smallest absolute Gasteiger partial charge is 0.248 e.